The van der Waals surface area contributed by atoms with E-state index in [-0.39, 0.29) is 10.7 Å². The topological polar surface area (TPSA) is 43.1 Å². The van der Waals surface area contributed by atoms with Crippen LogP contribution in [-0.4, -0.2) is 4.92 Å². The third-order valence-corrected chi connectivity index (χ3v) is 1.37. The second-order valence-electron chi connectivity index (χ2n) is 1.71. The molecule has 1 aromatic carbocycles. The van der Waals surface area contributed by atoms with Gasteiger partial charge in [0.1, 0.15) is 5.02 Å². The van der Waals surface area contributed by atoms with E-state index in [1.54, 1.807) is 12.1 Å². The Kier molecular flexibility index (Phi) is 4.72. The molecule has 0 atom stereocenters. The Morgan fingerprint density at radius 2 is 1.83 bits per heavy atom. The van der Waals surface area contributed by atoms with Gasteiger partial charge in [-0.25, -0.2) is 0 Å². The first-order valence-corrected chi connectivity index (χ1v) is 3.48. The number of rotatable bonds is 1. The molecule has 0 aliphatic heterocycles. The van der Waals surface area contributed by atoms with Crippen LogP contribution in [0.25, 0.3) is 0 Å². The van der Waals surface area contributed by atoms with Crippen molar-refractivity contribution in [2.45, 2.75) is 0 Å². The maximum Gasteiger partial charge on any atom is 0.287 e. The van der Waals surface area contributed by atoms with Gasteiger partial charge in [-0.1, -0.05) is 23.7 Å². The van der Waals surface area contributed by atoms with Gasteiger partial charge in [-0.2, -0.15) is 0 Å². The second kappa shape index (κ2) is 5.32. The van der Waals surface area contributed by atoms with Gasteiger partial charge in [0, 0.05) is 6.07 Å². The fraction of sp³-hybridized carbons (Fsp3) is 0. The molecule has 4 heteroatoms. The summed E-state index contributed by atoms with van der Waals surface area (Å²) in [7, 11) is 0. The first kappa shape index (κ1) is 10.7. The lowest BCUT2D eigenvalue weighted by Gasteiger charge is -1.90. The Balaban J connectivity index is 0.000000561. The molecule has 0 aliphatic rings. The second-order valence-corrected chi connectivity index (χ2v) is 2.12. The van der Waals surface area contributed by atoms with Crippen molar-refractivity contribution >= 4 is 17.3 Å². The quantitative estimate of drug-likeness (QED) is 0.383. The highest BCUT2D eigenvalue weighted by Crippen LogP contribution is 2.21. The van der Waals surface area contributed by atoms with Crippen LogP contribution in [0.15, 0.2) is 37.4 Å². The largest absolute Gasteiger partial charge is 0.287 e. The van der Waals surface area contributed by atoms with E-state index in [4.69, 9.17) is 11.6 Å². The minimum absolute atomic E-state index is 0.0517. The molecular formula is C8H8ClNO2. The fourth-order valence-corrected chi connectivity index (χ4v) is 0.805. The molecule has 0 heterocycles. The molecule has 12 heavy (non-hydrogen) atoms. The fourth-order valence-electron chi connectivity index (χ4n) is 0.600. The zero-order valence-electron chi connectivity index (χ0n) is 6.37. The molecule has 0 aromatic heterocycles. The molecule has 0 bridgehead atoms. The number of para-hydroxylation sites is 1. The molecule has 0 radical (unpaired) electrons. The zero-order valence-corrected chi connectivity index (χ0v) is 7.12. The van der Waals surface area contributed by atoms with Gasteiger partial charge >= 0.3 is 0 Å². The summed E-state index contributed by atoms with van der Waals surface area (Å²) in [5.41, 5.74) is -0.0517. The van der Waals surface area contributed by atoms with Crippen molar-refractivity contribution < 1.29 is 4.92 Å². The molecule has 0 N–H and O–H groups in total. The lowest BCUT2D eigenvalue weighted by molar-refractivity contribution is -0.384. The van der Waals surface area contributed by atoms with E-state index in [2.05, 4.69) is 13.2 Å². The van der Waals surface area contributed by atoms with Crippen molar-refractivity contribution in [1.29, 1.82) is 0 Å². The van der Waals surface area contributed by atoms with Gasteiger partial charge in [0.05, 0.1) is 4.92 Å². The van der Waals surface area contributed by atoms with Crippen molar-refractivity contribution in [2.75, 3.05) is 0 Å². The molecule has 0 unspecified atom stereocenters. The molecule has 1 rings (SSSR count). The number of nitro benzene ring substituents is 1. The summed E-state index contributed by atoms with van der Waals surface area (Å²) in [6.07, 6.45) is 0. The number of nitro groups is 1. The van der Waals surface area contributed by atoms with Crippen LogP contribution in [-0.2, 0) is 0 Å². The maximum atomic E-state index is 10.1. The van der Waals surface area contributed by atoms with Gasteiger partial charge in [0.15, 0.2) is 0 Å². The van der Waals surface area contributed by atoms with E-state index < -0.39 is 4.92 Å². The Morgan fingerprint density at radius 3 is 2.17 bits per heavy atom. The molecule has 1 aromatic rings. The van der Waals surface area contributed by atoms with Crippen molar-refractivity contribution in [3.05, 3.63) is 52.6 Å². The van der Waals surface area contributed by atoms with Crippen LogP contribution < -0.4 is 0 Å². The molecule has 0 saturated carbocycles. The summed E-state index contributed by atoms with van der Waals surface area (Å²) < 4.78 is 0. The third-order valence-electron chi connectivity index (χ3n) is 1.05. The minimum atomic E-state index is -0.512. The highest BCUT2D eigenvalue weighted by molar-refractivity contribution is 6.32. The van der Waals surface area contributed by atoms with Crippen molar-refractivity contribution in [3.8, 4) is 0 Å². The SMILES string of the molecule is C=C.O=[N+]([O-])c1ccccc1Cl. The van der Waals surface area contributed by atoms with Crippen molar-refractivity contribution in [1.82, 2.24) is 0 Å². The van der Waals surface area contributed by atoms with Gasteiger partial charge in [0.2, 0.25) is 0 Å². The number of hydrogen-bond acceptors (Lipinski definition) is 2. The monoisotopic (exact) mass is 185 g/mol. The Labute approximate surface area is 75.4 Å². The molecular weight excluding hydrogens is 178 g/mol. The Hall–Kier alpha value is -1.35. The summed E-state index contributed by atoms with van der Waals surface area (Å²) in [6.45, 7) is 6.00. The number of benzene rings is 1. The molecule has 0 fully saturated rings. The Bertz CT molecular complexity index is 276. The average Bonchev–Trinajstić information content (AvgIpc) is 2.08. The summed E-state index contributed by atoms with van der Waals surface area (Å²) in [4.78, 5) is 9.63. The van der Waals surface area contributed by atoms with E-state index >= 15 is 0 Å². The lowest BCUT2D eigenvalue weighted by Crippen LogP contribution is -1.87. The summed E-state index contributed by atoms with van der Waals surface area (Å²) in [6, 6.07) is 6.07. The van der Waals surface area contributed by atoms with Gasteiger partial charge < -0.3 is 0 Å². The summed E-state index contributed by atoms with van der Waals surface area (Å²) >= 11 is 5.48. The Morgan fingerprint density at radius 1 is 1.33 bits per heavy atom. The molecule has 0 spiro atoms. The normalized spacial score (nSPS) is 8.08. The van der Waals surface area contributed by atoms with E-state index in [1.165, 1.54) is 12.1 Å². The summed E-state index contributed by atoms with van der Waals surface area (Å²) in [5, 5.41) is 10.3. The van der Waals surface area contributed by atoms with Crippen LogP contribution >= 0.6 is 11.6 Å². The minimum Gasteiger partial charge on any atom is -0.258 e. The van der Waals surface area contributed by atoms with Crippen molar-refractivity contribution in [3.63, 3.8) is 0 Å². The van der Waals surface area contributed by atoms with E-state index in [1.807, 2.05) is 0 Å². The van der Waals surface area contributed by atoms with Crippen LogP contribution in [0.4, 0.5) is 5.69 Å². The molecule has 0 saturated heterocycles. The van der Waals surface area contributed by atoms with Crippen molar-refractivity contribution in [2.24, 2.45) is 0 Å². The van der Waals surface area contributed by atoms with E-state index in [9.17, 15) is 10.1 Å². The van der Waals surface area contributed by atoms with E-state index in [0.717, 1.165) is 0 Å². The van der Waals surface area contributed by atoms with Crippen LogP contribution in [0, 0.1) is 10.1 Å². The maximum absolute atomic E-state index is 10.1. The molecule has 64 valence electrons. The number of nitrogens with zero attached hydrogens (tertiary/aromatic N) is 1. The lowest BCUT2D eigenvalue weighted by atomic mass is 10.3. The number of hydrogen-bond donors (Lipinski definition) is 0. The van der Waals surface area contributed by atoms with Crippen LogP contribution in [0.5, 0.6) is 0 Å². The van der Waals surface area contributed by atoms with Gasteiger partial charge in [-0.3, -0.25) is 10.1 Å². The first-order valence-electron chi connectivity index (χ1n) is 3.11. The summed E-state index contributed by atoms with van der Waals surface area (Å²) in [5.74, 6) is 0. The smallest absolute Gasteiger partial charge is 0.258 e. The third kappa shape index (κ3) is 2.72. The highest BCUT2D eigenvalue weighted by Gasteiger charge is 2.08. The highest BCUT2D eigenvalue weighted by atomic mass is 35.5. The predicted molar refractivity (Wildman–Crippen MR) is 49.4 cm³/mol. The standard InChI is InChI=1S/C6H4ClNO2.C2H4/c7-5-3-1-2-4-6(5)8(9)10;1-2/h1-4H;1-2H2. The van der Waals surface area contributed by atoms with Gasteiger partial charge in [0.25, 0.3) is 5.69 Å². The predicted octanol–water partition coefficient (Wildman–Crippen LogP) is 3.05. The first-order chi connectivity index (χ1) is 5.72. The molecule has 3 nitrogen and oxygen atoms in total. The van der Waals surface area contributed by atoms with Gasteiger partial charge in [-0.05, 0) is 6.07 Å². The average molecular weight is 186 g/mol. The van der Waals surface area contributed by atoms with Gasteiger partial charge in [-0.15, -0.1) is 13.2 Å². The zero-order chi connectivity index (χ0) is 9.56. The van der Waals surface area contributed by atoms with Crippen LogP contribution in [0.1, 0.15) is 0 Å². The number of halogens is 1. The van der Waals surface area contributed by atoms with Crippen LogP contribution in [0.3, 0.4) is 0 Å². The molecule has 0 aliphatic carbocycles. The molecule has 0 amide bonds. The van der Waals surface area contributed by atoms with Crippen LogP contribution in [0.2, 0.25) is 5.02 Å². The van der Waals surface area contributed by atoms with E-state index in [0.29, 0.717) is 0 Å².